The molecule has 0 heterocycles. The van der Waals surface area contributed by atoms with Crippen LogP contribution in [0.25, 0.3) is 6.08 Å². The molecule has 0 aromatic heterocycles. The van der Waals surface area contributed by atoms with Crippen LogP contribution in [0.3, 0.4) is 0 Å². The molecule has 4 heteroatoms. The molecule has 0 spiro atoms. The van der Waals surface area contributed by atoms with Crippen molar-refractivity contribution < 1.29 is 20.1 Å². The summed E-state index contributed by atoms with van der Waals surface area (Å²) in [6.07, 6.45) is 2.22. The van der Waals surface area contributed by atoms with Gasteiger partial charge in [0.25, 0.3) is 0 Å². The molecular weight excluding hydrogens is 172 g/mol. The predicted octanol–water partition coefficient (Wildman–Crippen LogP) is 0.564. The Bertz CT molecular complexity index is 355. The van der Waals surface area contributed by atoms with Crippen LogP contribution in [0.4, 0.5) is 0 Å². The summed E-state index contributed by atoms with van der Waals surface area (Å²) in [4.78, 5) is 10.1. The second-order valence-electron chi connectivity index (χ2n) is 2.40. The van der Waals surface area contributed by atoms with Crippen molar-refractivity contribution in [3.05, 3.63) is 29.8 Å². The van der Waals surface area contributed by atoms with Gasteiger partial charge >= 0.3 is 5.97 Å². The summed E-state index contributed by atoms with van der Waals surface area (Å²) in [5.74, 6) is -1.94. The van der Waals surface area contributed by atoms with Gasteiger partial charge in [0.1, 0.15) is 5.75 Å². The number of rotatable bonds is 2. The van der Waals surface area contributed by atoms with Gasteiger partial charge < -0.3 is 15.3 Å². The van der Waals surface area contributed by atoms with Crippen molar-refractivity contribution in [2.24, 2.45) is 0 Å². The lowest BCUT2D eigenvalue weighted by Gasteiger charge is -2.07. The zero-order valence-corrected chi connectivity index (χ0v) is 6.60. The Morgan fingerprint density at radius 1 is 1.46 bits per heavy atom. The second-order valence-corrected chi connectivity index (χ2v) is 2.40. The first kappa shape index (κ1) is 9.12. The van der Waals surface area contributed by atoms with Crippen LogP contribution < -0.4 is 5.11 Å². The van der Waals surface area contributed by atoms with Crippen molar-refractivity contribution in [1.82, 2.24) is 0 Å². The van der Waals surface area contributed by atoms with E-state index in [1.54, 1.807) is 0 Å². The highest BCUT2D eigenvalue weighted by atomic mass is 16.4. The average molecular weight is 179 g/mol. The standard InChI is InChI=1S/C9H8O4/c10-7-3-1-6(5-8(7)11)2-4-9(12)13/h1-5,10-11H,(H,12,13)/p-1. The van der Waals surface area contributed by atoms with Crippen molar-refractivity contribution in [1.29, 1.82) is 0 Å². The van der Waals surface area contributed by atoms with Gasteiger partial charge in [-0.3, -0.25) is 0 Å². The first-order chi connectivity index (χ1) is 6.09. The number of hydrogen-bond donors (Lipinski definition) is 2. The molecule has 0 amide bonds. The lowest BCUT2D eigenvalue weighted by atomic mass is 10.2. The zero-order chi connectivity index (χ0) is 9.84. The van der Waals surface area contributed by atoms with Gasteiger partial charge in [-0.2, -0.15) is 0 Å². The van der Waals surface area contributed by atoms with Crippen molar-refractivity contribution in [3.8, 4) is 11.5 Å². The van der Waals surface area contributed by atoms with Crippen molar-refractivity contribution in [3.63, 3.8) is 0 Å². The Labute approximate surface area is 74.4 Å². The number of benzene rings is 1. The highest BCUT2D eigenvalue weighted by Gasteiger charge is 1.92. The Kier molecular flexibility index (Phi) is 2.54. The number of aromatic hydroxyl groups is 1. The largest absolute Gasteiger partial charge is 0.870 e. The third kappa shape index (κ3) is 2.52. The molecular formula is C9H7O4-. The zero-order valence-electron chi connectivity index (χ0n) is 6.60. The Hall–Kier alpha value is -1.97. The van der Waals surface area contributed by atoms with Crippen LogP contribution in [0.1, 0.15) is 5.56 Å². The summed E-state index contributed by atoms with van der Waals surface area (Å²) in [5, 5.41) is 28.0. The molecule has 0 aliphatic carbocycles. The predicted molar refractivity (Wildman–Crippen MR) is 44.2 cm³/mol. The fourth-order valence-corrected chi connectivity index (χ4v) is 0.806. The molecule has 1 aromatic rings. The molecule has 0 aliphatic heterocycles. The Morgan fingerprint density at radius 3 is 2.69 bits per heavy atom. The molecule has 68 valence electrons. The van der Waals surface area contributed by atoms with Crippen LogP contribution >= 0.6 is 0 Å². The molecule has 0 radical (unpaired) electrons. The number of phenolic OH excluding ortho intramolecular Hbond substituents is 1. The number of phenols is 1. The molecule has 1 aromatic carbocycles. The van der Waals surface area contributed by atoms with Crippen LogP contribution in [-0.2, 0) is 4.79 Å². The number of hydrogen-bond acceptors (Lipinski definition) is 3. The molecule has 1 rings (SSSR count). The van der Waals surface area contributed by atoms with Gasteiger partial charge in [-0.1, -0.05) is 17.9 Å². The highest BCUT2D eigenvalue weighted by molar-refractivity contribution is 5.85. The normalized spacial score (nSPS) is 10.5. The summed E-state index contributed by atoms with van der Waals surface area (Å²) in [6, 6.07) is 3.82. The van der Waals surface area contributed by atoms with Gasteiger partial charge in [-0.05, 0) is 17.7 Å². The van der Waals surface area contributed by atoms with Crippen LogP contribution in [0.15, 0.2) is 24.3 Å². The minimum Gasteiger partial charge on any atom is -0.870 e. The van der Waals surface area contributed by atoms with E-state index in [2.05, 4.69) is 0 Å². The highest BCUT2D eigenvalue weighted by Crippen LogP contribution is 2.22. The maximum atomic E-state index is 10.7. The summed E-state index contributed by atoms with van der Waals surface area (Å²) in [6.45, 7) is 0. The molecule has 0 saturated carbocycles. The van der Waals surface area contributed by atoms with E-state index in [0.717, 1.165) is 6.08 Å². The van der Waals surface area contributed by atoms with Gasteiger partial charge in [0.2, 0.25) is 0 Å². The average Bonchev–Trinajstić information content (AvgIpc) is 2.07. The van der Waals surface area contributed by atoms with E-state index in [9.17, 15) is 9.90 Å². The molecule has 0 unspecified atom stereocenters. The van der Waals surface area contributed by atoms with Gasteiger partial charge in [-0.15, -0.1) is 0 Å². The van der Waals surface area contributed by atoms with Gasteiger partial charge in [-0.25, -0.2) is 4.79 Å². The third-order valence-corrected chi connectivity index (χ3v) is 1.40. The van der Waals surface area contributed by atoms with Crippen molar-refractivity contribution in [2.45, 2.75) is 0 Å². The molecule has 0 aliphatic rings. The minimum absolute atomic E-state index is 0.382. The first-order valence-corrected chi connectivity index (χ1v) is 3.50. The molecule has 2 N–H and O–H groups in total. The maximum Gasteiger partial charge on any atom is 0.328 e. The van der Waals surface area contributed by atoms with Crippen molar-refractivity contribution in [2.75, 3.05) is 0 Å². The van der Waals surface area contributed by atoms with E-state index in [-0.39, 0.29) is 5.75 Å². The van der Waals surface area contributed by atoms with Crippen LogP contribution in [0.5, 0.6) is 11.5 Å². The quantitative estimate of drug-likeness (QED) is 0.650. The number of carbonyl (C=O) groups is 1. The second kappa shape index (κ2) is 3.62. The fraction of sp³-hybridized carbons (Fsp3) is 0. The lowest BCUT2D eigenvalue weighted by Crippen LogP contribution is -1.90. The van der Waals surface area contributed by atoms with E-state index in [4.69, 9.17) is 10.2 Å². The molecule has 13 heavy (non-hydrogen) atoms. The number of carboxylic acids is 1. The summed E-state index contributed by atoms with van der Waals surface area (Å²) >= 11 is 0. The van der Waals surface area contributed by atoms with Crippen LogP contribution in [0, 0.1) is 0 Å². The smallest absolute Gasteiger partial charge is 0.328 e. The van der Waals surface area contributed by atoms with Gasteiger partial charge in [0.15, 0.2) is 0 Å². The van der Waals surface area contributed by atoms with E-state index in [1.807, 2.05) is 0 Å². The first-order valence-electron chi connectivity index (χ1n) is 3.50. The van der Waals surface area contributed by atoms with Crippen molar-refractivity contribution >= 4 is 12.0 Å². The fourth-order valence-electron chi connectivity index (χ4n) is 0.806. The molecule has 0 bridgehead atoms. The van der Waals surface area contributed by atoms with Gasteiger partial charge in [0, 0.05) is 6.08 Å². The van der Waals surface area contributed by atoms with E-state index in [0.29, 0.717) is 5.56 Å². The monoisotopic (exact) mass is 179 g/mol. The Morgan fingerprint density at radius 2 is 2.15 bits per heavy atom. The maximum absolute atomic E-state index is 10.7. The number of aliphatic carboxylic acids is 1. The van der Waals surface area contributed by atoms with Gasteiger partial charge in [0.05, 0.1) is 0 Å². The molecule has 0 fully saturated rings. The van der Waals surface area contributed by atoms with Crippen LogP contribution in [-0.4, -0.2) is 16.2 Å². The molecule has 0 atom stereocenters. The third-order valence-electron chi connectivity index (χ3n) is 1.40. The summed E-state index contributed by atoms with van der Waals surface area (Å²) in [5.41, 5.74) is 0.472. The SMILES string of the molecule is O=C(O)C=Cc1ccc([O-])c(O)c1. The summed E-state index contributed by atoms with van der Waals surface area (Å²) in [7, 11) is 0. The topological polar surface area (TPSA) is 80.6 Å². The molecule has 0 saturated heterocycles. The Balaban J connectivity index is 2.92. The van der Waals surface area contributed by atoms with E-state index in [1.165, 1.54) is 24.3 Å². The molecule has 4 nitrogen and oxygen atoms in total. The van der Waals surface area contributed by atoms with Crippen LogP contribution in [0.2, 0.25) is 0 Å². The number of carboxylic acid groups (broad SMARTS) is 1. The minimum atomic E-state index is -1.08. The van der Waals surface area contributed by atoms with E-state index >= 15 is 0 Å². The lowest BCUT2D eigenvalue weighted by molar-refractivity contribution is -0.270. The summed E-state index contributed by atoms with van der Waals surface area (Å²) < 4.78 is 0. The van der Waals surface area contributed by atoms with E-state index < -0.39 is 11.7 Å².